The van der Waals surface area contributed by atoms with E-state index in [1.807, 2.05) is 6.07 Å². The quantitative estimate of drug-likeness (QED) is 0.589. The lowest BCUT2D eigenvalue weighted by Crippen LogP contribution is -2.03. The third-order valence-electron chi connectivity index (χ3n) is 3.37. The van der Waals surface area contributed by atoms with Gasteiger partial charge in [0.15, 0.2) is 11.4 Å². The van der Waals surface area contributed by atoms with Crippen molar-refractivity contribution in [2.24, 2.45) is 0 Å². The highest BCUT2D eigenvalue weighted by atomic mass is 16.3. The van der Waals surface area contributed by atoms with Crippen molar-refractivity contribution < 1.29 is 9.52 Å². The second-order valence-corrected chi connectivity index (χ2v) is 4.88. The molecule has 0 radical (unpaired) electrons. The molecule has 8 heteroatoms. The molecule has 0 aliphatic carbocycles. The summed E-state index contributed by atoms with van der Waals surface area (Å²) in [7, 11) is 0. The molecule has 0 unspecified atom stereocenters. The van der Waals surface area contributed by atoms with Crippen LogP contribution in [0.2, 0.25) is 0 Å². The molecular weight excluding hydrogens is 296 g/mol. The largest absolute Gasteiger partial charge is 0.461 e. The molecule has 23 heavy (non-hydrogen) atoms. The molecule has 4 aromatic heterocycles. The number of aromatic nitrogens is 5. The second kappa shape index (κ2) is 5.18. The van der Waals surface area contributed by atoms with Gasteiger partial charge in [-0.1, -0.05) is 0 Å². The minimum Gasteiger partial charge on any atom is -0.461 e. The first-order valence-electron chi connectivity index (χ1n) is 6.88. The molecule has 4 aromatic rings. The summed E-state index contributed by atoms with van der Waals surface area (Å²) in [6.07, 6.45) is 3.19. The van der Waals surface area contributed by atoms with Gasteiger partial charge in [0.05, 0.1) is 24.3 Å². The van der Waals surface area contributed by atoms with E-state index in [2.05, 4.69) is 20.1 Å². The SMILES string of the molecule is Nc1nc(-c2ccc(CO)nc2)cc2nc(-c3ccco3)nn12. The fraction of sp³-hybridized carbons (Fsp3) is 0.0667. The molecule has 114 valence electrons. The second-order valence-electron chi connectivity index (χ2n) is 4.88. The number of nitrogen functional groups attached to an aromatic ring is 1. The molecule has 0 saturated carbocycles. The first kappa shape index (κ1) is 13.4. The maximum absolute atomic E-state index is 9.05. The number of aliphatic hydroxyl groups is 1. The van der Waals surface area contributed by atoms with Gasteiger partial charge in [0.2, 0.25) is 11.8 Å². The van der Waals surface area contributed by atoms with Crippen LogP contribution in [0.4, 0.5) is 5.95 Å². The number of hydrogen-bond acceptors (Lipinski definition) is 7. The van der Waals surface area contributed by atoms with Crippen LogP contribution >= 0.6 is 0 Å². The highest BCUT2D eigenvalue weighted by molar-refractivity contribution is 5.66. The van der Waals surface area contributed by atoms with Crippen LogP contribution in [-0.2, 0) is 6.61 Å². The Morgan fingerprint density at radius 3 is 2.83 bits per heavy atom. The van der Waals surface area contributed by atoms with E-state index < -0.39 is 0 Å². The maximum atomic E-state index is 9.05. The summed E-state index contributed by atoms with van der Waals surface area (Å²) >= 11 is 0. The van der Waals surface area contributed by atoms with Crippen molar-refractivity contribution in [3.8, 4) is 22.8 Å². The van der Waals surface area contributed by atoms with Gasteiger partial charge in [-0.05, 0) is 24.3 Å². The normalized spacial score (nSPS) is 11.2. The zero-order chi connectivity index (χ0) is 15.8. The first-order valence-corrected chi connectivity index (χ1v) is 6.88. The van der Waals surface area contributed by atoms with Gasteiger partial charge in [0, 0.05) is 17.8 Å². The molecule has 4 heterocycles. The molecule has 0 aromatic carbocycles. The molecule has 0 amide bonds. The minimum absolute atomic E-state index is 0.106. The minimum atomic E-state index is -0.106. The summed E-state index contributed by atoms with van der Waals surface area (Å²) in [5.41, 5.74) is 8.53. The van der Waals surface area contributed by atoms with E-state index in [0.29, 0.717) is 28.6 Å². The number of furan rings is 1. The Kier molecular flexibility index (Phi) is 3.02. The standard InChI is InChI=1S/C15H12N6O2/c16-15-18-11(9-3-4-10(8-22)17-7-9)6-13-19-14(20-21(13)15)12-2-1-5-23-12/h1-7,22H,8H2,(H2,16,18). The third-order valence-corrected chi connectivity index (χ3v) is 3.37. The molecule has 0 spiro atoms. The van der Waals surface area contributed by atoms with Crippen molar-refractivity contribution in [1.29, 1.82) is 0 Å². The molecule has 3 N–H and O–H groups in total. The highest BCUT2D eigenvalue weighted by Gasteiger charge is 2.13. The maximum Gasteiger partial charge on any atom is 0.223 e. The van der Waals surface area contributed by atoms with Crippen LogP contribution in [0.1, 0.15) is 5.69 Å². The van der Waals surface area contributed by atoms with E-state index in [1.54, 1.807) is 36.7 Å². The predicted molar refractivity (Wildman–Crippen MR) is 82.1 cm³/mol. The molecule has 0 aliphatic heterocycles. The Balaban J connectivity index is 1.82. The Hall–Kier alpha value is -3.26. The predicted octanol–water partition coefficient (Wildman–Crippen LogP) is 1.52. The van der Waals surface area contributed by atoms with Crippen LogP contribution in [0, 0.1) is 0 Å². The van der Waals surface area contributed by atoms with E-state index >= 15 is 0 Å². The van der Waals surface area contributed by atoms with Gasteiger partial charge in [0.25, 0.3) is 0 Å². The lowest BCUT2D eigenvalue weighted by Gasteiger charge is -2.04. The fourth-order valence-corrected chi connectivity index (χ4v) is 2.24. The van der Waals surface area contributed by atoms with Crippen molar-refractivity contribution >= 4 is 11.6 Å². The molecule has 8 nitrogen and oxygen atoms in total. The number of anilines is 1. The molecule has 0 atom stereocenters. The molecular formula is C15H12N6O2. The van der Waals surface area contributed by atoms with Crippen molar-refractivity contribution in [1.82, 2.24) is 24.6 Å². The molecule has 0 saturated heterocycles. The fourth-order valence-electron chi connectivity index (χ4n) is 2.24. The topological polar surface area (TPSA) is 115 Å². The van der Waals surface area contributed by atoms with Gasteiger partial charge in [-0.15, -0.1) is 5.10 Å². The van der Waals surface area contributed by atoms with Crippen molar-refractivity contribution in [3.63, 3.8) is 0 Å². The van der Waals surface area contributed by atoms with Crippen molar-refractivity contribution in [2.45, 2.75) is 6.61 Å². The van der Waals surface area contributed by atoms with Gasteiger partial charge < -0.3 is 15.3 Å². The van der Waals surface area contributed by atoms with Crippen LogP contribution in [0.25, 0.3) is 28.5 Å². The van der Waals surface area contributed by atoms with Gasteiger partial charge in [0.1, 0.15) is 0 Å². The van der Waals surface area contributed by atoms with Gasteiger partial charge in [-0.2, -0.15) is 4.52 Å². The summed E-state index contributed by atoms with van der Waals surface area (Å²) < 4.78 is 6.75. The Bertz CT molecular complexity index is 960. The number of pyridine rings is 1. The molecule has 0 fully saturated rings. The zero-order valence-electron chi connectivity index (χ0n) is 11.9. The van der Waals surface area contributed by atoms with Crippen LogP contribution in [0.5, 0.6) is 0 Å². The van der Waals surface area contributed by atoms with E-state index in [4.69, 9.17) is 15.3 Å². The monoisotopic (exact) mass is 308 g/mol. The Morgan fingerprint density at radius 1 is 1.22 bits per heavy atom. The van der Waals surface area contributed by atoms with Crippen LogP contribution in [0.15, 0.2) is 47.2 Å². The highest BCUT2D eigenvalue weighted by Crippen LogP contribution is 2.22. The van der Waals surface area contributed by atoms with E-state index in [0.717, 1.165) is 5.56 Å². The number of nitrogens with zero attached hydrogens (tertiary/aromatic N) is 5. The van der Waals surface area contributed by atoms with Crippen LogP contribution in [-0.4, -0.2) is 29.7 Å². The number of fused-ring (bicyclic) bond motifs is 1. The summed E-state index contributed by atoms with van der Waals surface area (Å²) in [6.45, 7) is -0.106. The lowest BCUT2D eigenvalue weighted by molar-refractivity contribution is 0.277. The molecule has 0 bridgehead atoms. The number of rotatable bonds is 3. The summed E-state index contributed by atoms with van der Waals surface area (Å²) in [5.74, 6) is 1.21. The Labute approximate surface area is 130 Å². The third kappa shape index (κ3) is 2.30. The van der Waals surface area contributed by atoms with Crippen molar-refractivity contribution in [3.05, 3.63) is 48.5 Å². The van der Waals surface area contributed by atoms with E-state index in [-0.39, 0.29) is 12.6 Å². The van der Waals surface area contributed by atoms with Crippen LogP contribution in [0.3, 0.4) is 0 Å². The summed E-state index contributed by atoms with van der Waals surface area (Å²) in [5, 5.41) is 13.3. The summed E-state index contributed by atoms with van der Waals surface area (Å²) in [6, 6.07) is 8.86. The molecule has 4 rings (SSSR count). The van der Waals surface area contributed by atoms with Gasteiger partial charge in [-0.25, -0.2) is 9.97 Å². The smallest absolute Gasteiger partial charge is 0.223 e. The molecule has 0 aliphatic rings. The van der Waals surface area contributed by atoms with E-state index in [9.17, 15) is 0 Å². The zero-order valence-corrected chi connectivity index (χ0v) is 11.9. The first-order chi connectivity index (χ1) is 11.2. The number of hydrogen-bond donors (Lipinski definition) is 2. The summed E-state index contributed by atoms with van der Waals surface area (Å²) in [4.78, 5) is 12.9. The number of aliphatic hydroxyl groups excluding tert-OH is 1. The van der Waals surface area contributed by atoms with Crippen LogP contribution < -0.4 is 5.73 Å². The average molecular weight is 308 g/mol. The number of nitrogens with two attached hydrogens (primary N) is 1. The lowest BCUT2D eigenvalue weighted by atomic mass is 10.2. The van der Waals surface area contributed by atoms with Gasteiger partial charge >= 0.3 is 0 Å². The van der Waals surface area contributed by atoms with Crippen molar-refractivity contribution in [2.75, 3.05) is 5.73 Å². The average Bonchev–Trinajstić information content (AvgIpc) is 3.24. The van der Waals surface area contributed by atoms with E-state index in [1.165, 1.54) is 4.52 Å². The van der Waals surface area contributed by atoms with Gasteiger partial charge in [-0.3, -0.25) is 4.98 Å². The Morgan fingerprint density at radius 2 is 2.13 bits per heavy atom.